The molecule has 110 valence electrons. The van der Waals surface area contributed by atoms with Crippen molar-refractivity contribution in [3.63, 3.8) is 0 Å². The summed E-state index contributed by atoms with van der Waals surface area (Å²) in [5.74, 6) is -0.136. The first kappa shape index (κ1) is 15.6. The van der Waals surface area contributed by atoms with Crippen molar-refractivity contribution in [2.75, 3.05) is 0 Å². The van der Waals surface area contributed by atoms with Crippen LogP contribution in [-0.4, -0.2) is 11.9 Å². The standard InChI is InChI=1S/C18H20ClNO/c1-14(12-13-15-8-4-2-5-9-15)20-18(21)17(19)16-10-6-3-7-11-16/h2-11,14,17H,12-13H2,1H3,(H,20,21). The summed E-state index contributed by atoms with van der Waals surface area (Å²) < 4.78 is 0. The Morgan fingerprint density at radius 3 is 2.24 bits per heavy atom. The number of hydrogen-bond acceptors (Lipinski definition) is 1. The van der Waals surface area contributed by atoms with Crippen LogP contribution in [0.4, 0.5) is 0 Å². The van der Waals surface area contributed by atoms with Gasteiger partial charge in [0.15, 0.2) is 0 Å². The van der Waals surface area contributed by atoms with Crippen LogP contribution in [0.3, 0.4) is 0 Å². The molecular formula is C18H20ClNO. The zero-order chi connectivity index (χ0) is 15.1. The summed E-state index contributed by atoms with van der Waals surface area (Å²) in [4.78, 5) is 12.1. The zero-order valence-electron chi connectivity index (χ0n) is 12.1. The minimum Gasteiger partial charge on any atom is -0.352 e. The minimum absolute atomic E-state index is 0.0997. The average molecular weight is 302 g/mol. The van der Waals surface area contributed by atoms with E-state index in [0.717, 1.165) is 18.4 Å². The van der Waals surface area contributed by atoms with E-state index >= 15 is 0 Å². The topological polar surface area (TPSA) is 29.1 Å². The van der Waals surface area contributed by atoms with Gasteiger partial charge < -0.3 is 5.32 Å². The summed E-state index contributed by atoms with van der Waals surface area (Å²) in [6, 6.07) is 19.8. The highest BCUT2D eigenvalue weighted by atomic mass is 35.5. The SMILES string of the molecule is CC(CCc1ccccc1)NC(=O)C(Cl)c1ccccc1. The molecule has 3 heteroatoms. The van der Waals surface area contributed by atoms with E-state index in [-0.39, 0.29) is 11.9 Å². The fraction of sp³-hybridized carbons (Fsp3) is 0.278. The lowest BCUT2D eigenvalue weighted by atomic mass is 10.1. The Morgan fingerprint density at radius 2 is 1.62 bits per heavy atom. The fourth-order valence-electron chi connectivity index (χ4n) is 2.19. The van der Waals surface area contributed by atoms with Crippen molar-refractivity contribution in [2.24, 2.45) is 0 Å². The largest absolute Gasteiger partial charge is 0.352 e. The van der Waals surface area contributed by atoms with Gasteiger partial charge in [0.2, 0.25) is 5.91 Å². The smallest absolute Gasteiger partial charge is 0.242 e. The van der Waals surface area contributed by atoms with Crippen molar-refractivity contribution in [1.82, 2.24) is 5.32 Å². The van der Waals surface area contributed by atoms with Gasteiger partial charge in [-0.25, -0.2) is 0 Å². The molecule has 0 saturated heterocycles. The molecule has 0 aliphatic carbocycles. The highest BCUT2D eigenvalue weighted by Gasteiger charge is 2.18. The van der Waals surface area contributed by atoms with E-state index in [1.807, 2.05) is 55.5 Å². The zero-order valence-corrected chi connectivity index (χ0v) is 12.9. The van der Waals surface area contributed by atoms with Crippen molar-refractivity contribution in [2.45, 2.75) is 31.2 Å². The van der Waals surface area contributed by atoms with Crippen LogP contribution in [0, 0.1) is 0 Å². The van der Waals surface area contributed by atoms with Gasteiger partial charge in [-0.15, -0.1) is 11.6 Å². The van der Waals surface area contributed by atoms with Gasteiger partial charge >= 0.3 is 0 Å². The third-order valence-electron chi connectivity index (χ3n) is 3.42. The van der Waals surface area contributed by atoms with Gasteiger partial charge in [0.05, 0.1) is 0 Å². The number of alkyl halides is 1. The number of nitrogens with one attached hydrogen (secondary N) is 1. The summed E-state index contributed by atoms with van der Waals surface area (Å²) in [5.41, 5.74) is 2.11. The fourth-order valence-corrected chi connectivity index (χ4v) is 2.40. The van der Waals surface area contributed by atoms with E-state index in [1.54, 1.807) is 0 Å². The van der Waals surface area contributed by atoms with Gasteiger partial charge in [-0.05, 0) is 30.9 Å². The van der Waals surface area contributed by atoms with E-state index in [4.69, 9.17) is 11.6 Å². The summed E-state index contributed by atoms with van der Waals surface area (Å²) in [5, 5.41) is 2.34. The van der Waals surface area contributed by atoms with E-state index in [2.05, 4.69) is 17.4 Å². The number of benzene rings is 2. The number of amides is 1. The molecule has 0 aromatic heterocycles. The second-order valence-corrected chi connectivity index (χ2v) is 5.64. The normalized spacial score (nSPS) is 13.4. The third-order valence-corrected chi connectivity index (χ3v) is 3.87. The van der Waals surface area contributed by atoms with Gasteiger partial charge in [0, 0.05) is 6.04 Å². The van der Waals surface area contributed by atoms with Crippen LogP contribution >= 0.6 is 11.6 Å². The Hall–Kier alpha value is -1.80. The molecule has 0 bridgehead atoms. The summed E-state index contributed by atoms with van der Waals surface area (Å²) in [7, 11) is 0. The molecule has 0 aliphatic heterocycles. The molecule has 2 aromatic rings. The molecule has 0 fully saturated rings. The minimum atomic E-state index is -0.634. The number of carbonyl (C=O) groups excluding carboxylic acids is 1. The maximum absolute atomic E-state index is 12.1. The van der Waals surface area contributed by atoms with Crippen LogP contribution in [-0.2, 0) is 11.2 Å². The van der Waals surface area contributed by atoms with Crippen LogP contribution in [0.1, 0.15) is 29.8 Å². The highest BCUT2D eigenvalue weighted by molar-refractivity contribution is 6.30. The van der Waals surface area contributed by atoms with Gasteiger partial charge in [-0.2, -0.15) is 0 Å². The molecule has 0 aliphatic rings. The molecule has 2 rings (SSSR count). The maximum atomic E-state index is 12.1. The van der Waals surface area contributed by atoms with Crippen molar-refractivity contribution >= 4 is 17.5 Å². The molecule has 1 amide bonds. The first-order valence-electron chi connectivity index (χ1n) is 7.20. The molecule has 0 saturated carbocycles. The average Bonchev–Trinajstić information content (AvgIpc) is 2.54. The monoisotopic (exact) mass is 301 g/mol. The van der Waals surface area contributed by atoms with Gasteiger partial charge in [-0.1, -0.05) is 60.7 Å². The molecule has 0 spiro atoms. The second kappa shape index (κ2) is 7.84. The van der Waals surface area contributed by atoms with Crippen LogP contribution in [0.5, 0.6) is 0 Å². The van der Waals surface area contributed by atoms with Crippen molar-refractivity contribution in [1.29, 1.82) is 0 Å². The van der Waals surface area contributed by atoms with Crippen LogP contribution in [0.25, 0.3) is 0 Å². The van der Waals surface area contributed by atoms with Gasteiger partial charge in [-0.3, -0.25) is 4.79 Å². The van der Waals surface area contributed by atoms with Crippen molar-refractivity contribution in [3.8, 4) is 0 Å². The molecule has 0 radical (unpaired) electrons. The van der Waals surface area contributed by atoms with E-state index in [0.29, 0.717) is 0 Å². The maximum Gasteiger partial charge on any atom is 0.242 e. The van der Waals surface area contributed by atoms with Gasteiger partial charge in [0.1, 0.15) is 5.38 Å². The summed E-state index contributed by atoms with van der Waals surface area (Å²) in [6.45, 7) is 2.01. The molecule has 0 heterocycles. The van der Waals surface area contributed by atoms with E-state index in [1.165, 1.54) is 5.56 Å². The molecule has 2 nitrogen and oxygen atoms in total. The molecular weight excluding hydrogens is 282 g/mol. The number of aryl methyl sites for hydroxylation is 1. The lowest BCUT2D eigenvalue weighted by molar-refractivity contribution is -0.121. The van der Waals surface area contributed by atoms with Crippen LogP contribution < -0.4 is 5.32 Å². The van der Waals surface area contributed by atoms with Crippen molar-refractivity contribution in [3.05, 3.63) is 71.8 Å². The second-order valence-electron chi connectivity index (χ2n) is 5.21. The molecule has 21 heavy (non-hydrogen) atoms. The van der Waals surface area contributed by atoms with Gasteiger partial charge in [0.25, 0.3) is 0 Å². The Kier molecular flexibility index (Phi) is 5.82. The Labute approximate surface area is 131 Å². The summed E-state index contributed by atoms with van der Waals surface area (Å²) >= 11 is 6.21. The number of halogens is 1. The molecule has 1 N–H and O–H groups in total. The molecule has 2 aromatic carbocycles. The Balaban J connectivity index is 1.82. The lowest BCUT2D eigenvalue weighted by Gasteiger charge is -2.16. The van der Waals surface area contributed by atoms with E-state index in [9.17, 15) is 4.79 Å². The van der Waals surface area contributed by atoms with Crippen molar-refractivity contribution < 1.29 is 4.79 Å². The van der Waals surface area contributed by atoms with Crippen LogP contribution in [0.15, 0.2) is 60.7 Å². The summed E-state index contributed by atoms with van der Waals surface area (Å²) in [6.07, 6.45) is 1.84. The quantitative estimate of drug-likeness (QED) is 0.800. The molecule has 2 atom stereocenters. The molecule has 2 unspecified atom stereocenters. The number of rotatable bonds is 6. The predicted octanol–water partition coefficient (Wildman–Crippen LogP) is 4.10. The third kappa shape index (κ3) is 4.91. The highest BCUT2D eigenvalue weighted by Crippen LogP contribution is 2.20. The predicted molar refractivity (Wildman–Crippen MR) is 87.4 cm³/mol. The first-order valence-corrected chi connectivity index (χ1v) is 7.64. The van der Waals surface area contributed by atoms with E-state index < -0.39 is 5.38 Å². The number of hydrogen-bond donors (Lipinski definition) is 1. The number of carbonyl (C=O) groups is 1. The van der Waals surface area contributed by atoms with Crippen LogP contribution in [0.2, 0.25) is 0 Å². The first-order chi connectivity index (χ1) is 10.2. The lowest BCUT2D eigenvalue weighted by Crippen LogP contribution is -2.35. The Morgan fingerprint density at radius 1 is 1.05 bits per heavy atom. The Bertz CT molecular complexity index is 556.